The van der Waals surface area contributed by atoms with Crippen LogP contribution in [0, 0.1) is 0 Å². The van der Waals surface area contributed by atoms with E-state index in [9.17, 15) is 0 Å². The average Bonchev–Trinajstić information content (AvgIpc) is 2.82. The van der Waals surface area contributed by atoms with Gasteiger partial charge in [0, 0.05) is 10.4 Å². The molecule has 0 aliphatic carbocycles. The van der Waals surface area contributed by atoms with Crippen molar-refractivity contribution in [3.63, 3.8) is 0 Å². The van der Waals surface area contributed by atoms with Gasteiger partial charge in [-0.05, 0) is 24.3 Å². The van der Waals surface area contributed by atoms with Gasteiger partial charge in [-0.15, -0.1) is 0 Å². The van der Waals surface area contributed by atoms with E-state index in [1.807, 2.05) is 18.2 Å². The van der Waals surface area contributed by atoms with Gasteiger partial charge in [0.2, 0.25) is 0 Å². The Morgan fingerprint density at radius 2 is 2.00 bits per heavy atom. The molecule has 80 valence electrons. The second-order valence-electron chi connectivity index (χ2n) is 3.20. The highest BCUT2D eigenvalue weighted by molar-refractivity contribution is 6.99. The number of fused-ring (bicyclic) bond motifs is 1. The molecule has 0 amide bonds. The Labute approximate surface area is 105 Å². The molecule has 3 nitrogen and oxygen atoms in total. The van der Waals surface area contributed by atoms with E-state index >= 15 is 0 Å². The van der Waals surface area contributed by atoms with Crippen LogP contribution in [0.2, 0.25) is 10.2 Å². The zero-order valence-corrected chi connectivity index (χ0v) is 10.1. The summed E-state index contributed by atoms with van der Waals surface area (Å²) in [4.78, 5) is 0. The number of hydrogen-bond acceptors (Lipinski definition) is 4. The molecule has 2 heterocycles. The van der Waals surface area contributed by atoms with Crippen molar-refractivity contribution in [1.29, 1.82) is 0 Å². The van der Waals surface area contributed by atoms with Crippen molar-refractivity contribution in [1.82, 2.24) is 8.75 Å². The largest absolute Gasteiger partial charge is 0.454 e. The summed E-state index contributed by atoms with van der Waals surface area (Å²) < 4.78 is 13.6. The molecule has 1 aromatic carbocycles. The topological polar surface area (TPSA) is 38.9 Å². The van der Waals surface area contributed by atoms with Crippen molar-refractivity contribution in [2.75, 3.05) is 0 Å². The van der Waals surface area contributed by atoms with E-state index in [1.165, 1.54) is 0 Å². The number of halogens is 2. The predicted octanol–water partition coefficient (Wildman–Crippen LogP) is 4.26. The lowest BCUT2D eigenvalue weighted by molar-refractivity contribution is 0.629. The van der Waals surface area contributed by atoms with Crippen LogP contribution in [0.1, 0.15) is 0 Å². The summed E-state index contributed by atoms with van der Waals surface area (Å²) in [5.41, 5.74) is 1.32. The van der Waals surface area contributed by atoms with Crippen molar-refractivity contribution in [2.24, 2.45) is 0 Å². The Balaban J connectivity index is 2.23. The van der Waals surface area contributed by atoms with Crippen LogP contribution in [0.15, 0.2) is 28.7 Å². The molecule has 0 radical (unpaired) electrons. The molecule has 6 heteroatoms. The maximum atomic E-state index is 5.89. The first-order valence-electron chi connectivity index (χ1n) is 4.41. The van der Waals surface area contributed by atoms with Crippen LogP contribution in [0.5, 0.6) is 0 Å². The number of furan rings is 1. The summed E-state index contributed by atoms with van der Waals surface area (Å²) in [7, 11) is 0. The Hall–Kier alpha value is -1.10. The van der Waals surface area contributed by atoms with Crippen LogP contribution in [0.3, 0.4) is 0 Å². The van der Waals surface area contributed by atoms with E-state index in [4.69, 9.17) is 27.6 Å². The summed E-state index contributed by atoms with van der Waals surface area (Å²) in [6.07, 6.45) is 0. The van der Waals surface area contributed by atoms with Gasteiger partial charge in [-0.3, -0.25) is 0 Å². The van der Waals surface area contributed by atoms with Gasteiger partial charge in [-0.1, -0.05) is 23.2 Å². The summed E-state index contributed by atoms with van der Waals surface area (Å²) in [5.74, 6) is 0.607. The van der Waals surface area contributed by atoms with Crippen molar-refractivity contribution >= 4 is 45.9 Å². The minimum atomic E-state index is 0.357. The number of rotatable bonds is 1. The van der Waals surface area contributed by atoms with Crippen LogP contribution in [0.4, 0.5) is 0 Å². The maximum Gasteiger partial charge on any atom is 0.174 e. The van der Waals surface area contributed by atoms with Gasteiger partial charge in [-0.25, -0.2) is 0 Å². The fourth-order valence-corrected chi connectivity index (χ4v) is 2.37. The van der Waals surface area contributed by atoms with E-state index in [-0.39, 0.29) is 0 Å². The normalized spacial score (nSPS) is 11.1. The predicted molar refractivity (Wildman–Crippen MR) is 65.1 cm³/mol. The van der Waals surface area contributed by atoms with E-state index < -0.39 is 0 Å². The lowest BCUT2D eigenvalue weighted by Gasteiger charge is -1.88. The van der Waals surface area contributed by atoms with Gasteiger partial charge in [-0.2, -0.15) is 8.75 Å². The molecule has 16 heavy (non-hydrogen) atoms. The van der Waals surface area contributed by atoms with Crippen molar-refractivity contribution < 1.29 is 4.42 Å². The molecule has 2 aromatic heterocycles. The van der Waals surface area contributed by atoms with Crippen molar-refractivity contribution in [2.45, 2.75) is 0 Å². The SMILES string of the molecule is Clc1ccc2oc(-c3nsnc3Cl)cc2c1. The van der Waals surface area contributed by atoms with Gasteiger partial charge in [0.25, 0.3) is 0 Å². The first-order valence-corrected chi connectivity index (χ1v) is 5.90. The van der Waals surface area contributed by atoms with Crippen molar-refractivity contribution in [3.8, 4) is 11.5 Å². The highest BCUT2D eigenvalue weighted by Gasteiger charge is 2.13. The van der Waals surface area contributed by atoms with E-state index in [1.54, 1.807) is 6.07 Å². The smallest absolute Gasteiger partial charge is 0.174 e. The molecule has 0 saturated heterocycles. The molecule has 0 unspecified atom stereocenters. The molecule has 0 bridgehead atoms. The van der Waals surface area contributed by atoms with Crippen LogP contribution < -0.4 is 0 Å². The van der Waals surface area contributed by atoms with Crippen LogP contribution in [-0.4, -0.2) is 8.75 Å². The number of hydrogen-bond donors (Lipinski definition) is 0. The van der Waals surface area contributed by atoms with Crippen LogP contribution >= 0.6 is 34.9 Å². The average molecular weight is 271 g/mol. The first kappa shape index (κ1) is 10.1. The second-order valence-corrected chi connectivity index (χ2v) is 4.52. The molecular weight excluding hydrogens is 267 g/mol. The number of nitrogens with zero attached hydrogens (tertiary/aromatic N) is 2. The third-order valence-electron chi connectivity index (χ3n) is 2.16. The number of aromatic nitrogens is 2. The molecular formula is C10H4Cl2N2OS. The third-order valence-corrected chi connectivity index (χ3v) is 3.29. The van der Waals surface area contributed by atoms with Crippen LogP contribution in [-0.2, 0) is 0 Å². The minimum Gasteiger partial charge on any atom is -0.454 e. The lowest BCUT2D eigenvalue weighted by Crippen LogP contribution is -1.71. The van der Waals surface area contributed by atoms with Gasteiger partial charge in [0.05, 0.1) is 11.7 Å². The quantitative estimate of drug-likeness (QED) is 0.663. The van der Waals surface area contributed by atoms with Crippen molar-refractivity contribution in [3.05, 3.63) is 34.4 Å². The van der Waals surface area contributed by atoms with E-state index in [2.05, 4.69) is 8.75 Å². The highest BCUT2D eigenvalue weighted by atomic mass is 35.5. The number of benzene rings is 1. The zero-order valence-electron chi connectivity index (χ0n) is 7.78. The van der Waals surface area contributed by atoms with Crippen LogP contribution in [0.25, 0.3) is 22.4 Å². The molecule has 0 atom stereocenters. The first-order chi connectivity index (χ1) is 7.74. The monoisotopic (exact) mass is 270 g/mol. The highest BCUT2D eigenvalue weighted by Crippen LogP contribution is 2.32. The molecule has 3 aromatic rings. The Bertz CT molecular complexity index is 662. The minimum absolute atomic E-state index is 0.357. The lowest BCUT2D eigenvalue weighted by atomic mass is 10.2. The standard InChI is InChI=1S/C10H4Cl2N2OS/c11-6-1-2-7-5(3-6)4-8(15-7)9-10(12)14-16-13-9/h1-4H. The second kappa shape index (κ2) is 3.73. The fourth-order valence-electron chi connectivity index (χ4n) is 1.46. The van der Waals surface area contributed by atoms with Gasteiger partial charge in [0.15, 0.2) is 16.6 Å². The Morgan fingerprint density at radius 3 is 2.75 bits per heavy atom. The van der Waals surface area contributed by atoms with Gasteiger partial charge < -0.3 is 4.42 Å². The molecule has 0 fully saturated rings. The molecule has 0 spiro atoms. The van der Waals surface area contributed by atoms with Gasteiger partial charge in [0.1, 0.15) is 5.58 Å². The molecule has 0 saturated carbocycles. The molecule has 3 rings (SSSR count). The molecule has 0 N–H and O–H groups in total. The third kappa shape index (κ3) is 1.59. The fraction of sp³-hybridized carbons (Fsp3) is 0. The molecule has 0 aliphatic rings. The summed E-state index contributed by atoms with van der Waals surface area (Å²) in [6.45, 7) is 0. The Morgan fingerprint density at radius 1 is 1.12 bits per heavy atom. The summed E-state index contributed by atoms with van der Waals surface area (Å²) >= 11 is 12.8. The molecule has 0 aliphatic heterocycles. The Kier molecular flexibility index (Phi) is 2.35. The van der Waals surface area contributed by atoms with Gasteiger partial charge >= 0.3 is 0 Å². The summed E-state index contributed by atoms with van der Waals surface area (Å²) in [5, 5.41) is 1.95. The zero-order chi connectivity index (χ0) is 11.1. The maximum absolute atomic E-state index is 5.89. The summed E-state index contributed by atoms with van der Waals surface area (Å²) in [6, 6.07) is 7.27. The van der Waals surface area contributed by atoms with E-state index in [0.717, 1.165) is 22.7 Å². The van der Waals surface area contributed by atoms with E-state index in [0.29, 0.717) is 21.6 Å².